The second-order valence-electron chi connectivity index (χ2n) is 4.35. The highest BCUT2D eigenvalue weighted by atomic mass is 32.2. The topological polar surface area (TPSA) is 29.3 Å². The molecule has 88 valence electrons. The first-order valence-corrected chi connectivity index (χ1v) is 7.10. The quantitative estimate of drug-likeness (QED) is 0.801. The summed E-state index contributed by atoms with van der Waals surface area (Å²) in [5.41, 5.74) is 8.04. The zero-order valence-corrected chi connectivity index (χ0v) is 10.7. The third-order valence-electron chi connectivity index (χ3n) is 3.20. The van der Waals surface area contributed by atoms with Gasteiger partial charge in [0, 0.05) is 24.0 Å². The summed E-state index contributed by atoms with van der Waals surface area (Å²) in [5, 5.41) is 0. The van der Waals surface area contributed by atoms with Crippen LogP contribution >= 0.6 is 11.8 Å². The minimum Gasteiger partial charge on any atom is -0.399 e. The maximum atomic E-state index is 5.83. The van der Waals surface area contributed by atoms with Crippen LogP contribution in [0.2, 0.25) is 0 Å². The molecule has 0 aliphatic carbocycles. The van der Waals surface area contributed by atoms with E-state index in [2.05, 4.69) is 35.7 Å². The Kier molecular flexibility index (Phi) is 4.13. The van der Waals surface area contributed by atoms with E-state index in [0.29, 0.717) is 6.04 Å². The van der Waals surface area contributed by atoms with Crippen molar-refractivity contribution in [1.82, 2.24) is 4.90 Å². The van der Waals surface area contributed by atoms with Crippen LogP contribution < -0.4 is 5.73 Å². The Morgan fingerprint density at radius 3 is 3.00 bits per heavy atom. The van der Waals surface area contributed by atoms with Crippen LogP contribution in [-0.4, -0.2) is 29.5 Å². The number of nitrogens with two attached hydrogens (primary N) is 1. The summed E-state index contributed by atoms with van der Waals surface area (Å²) in [7, 11) is 0. The van der Waals surface area contributed by atoms with Crippen molar-refractivity contribution in [2.75, 3.05) is 30.3 Å². The fourth-order valence-electron chi connectivity index (χ4n) is 2.18. The first-order valence-electron chi connectivity index (χ1n) is 5.94. The smallest absolute Gasteiger partial charge is 0.0320 e. The van der Waals surface area contributed by atoms with Gasteiger partial charge in [-0.3, -0.25) is 4.90 Å². The molecule has 1 atom stereocenters. The Bertz CT molecular complexity index is 332. The molecular weight excluding hydrogens is 216 g/mol. The summed E-state index contributed by atoms with van der Waals surface area (Å²) >= 11 is 2.07. The number of nitrogens with zero attached hydrogens (tertiary/aromatic N) is 1. The molecule has 0 aromatic heterocycles. The van der Waals surface area contributed by atoms with Gasteiger partial charge in [0.25, 0.3) is 0 Å². The lowest BCUT2D eigenvalue weighted by Gasteiger charge is -2.27. The molecule has 0 spiro atoms. The van der Waals surface area contributed by atoms with Gasteiger partial charge in [-0.25, -0.2) is 0 Å². The van der Waals surface area contributed by atoms with Crippen molar-refractivity contribution in [2.45, 2.75) is 19.4 Å². The minimum absolute atomic E-state index is 0.488. The number of anilines is 1. The van der Waals surface area contributed by atoms with Crippen LogP contribution in [0, 0.1) is 0 Å². The second kappa shape index (κ2) is 5.60. The average Bonchev–Trinajstić information content (AvgIpc) is 2.56. The molecule has 1 aliphatic heterocycles. The fourth-order valence-corrected chi connectivity index (χ4v) is 3.08. The number of hydrogen-bond acceptors (Lipinski definition) is 3. The number of hydrogen-bond donors (Lipinski definition) is 1. The van der Waals surface area contributed by atoms with Gasteiger partial charge >= 0.3 is 0 Å². The van der Waals surface area contributed by atoms with E-state index in [1.165, 1.54) is 36.6 Å². The van der Waals surface area contributed by atoms with E-state index in [1.54, 1.807) is 0 Å². The van der Waals surface area contributed by atoms with Crippen molar-refractivity contribution in [1.29, 1.82) is 0 Å². The summed E-state index contributed by atoms with van der Waals surface area (Å²) in [6.07, 6.45) is 1.30. The highest BCUT2D eigenvalue weighted by Crippen LogP contribution is 2.24. The average molecular weight is 236 g/mol. The molecule has 2 rings (SSSR count). The zero-order chi connectivity index (χ0) is 11.4. The van der Waals surface area contributed by atoms with Crippen LogP contribution in [0.1, 0.15) is 24.9 Å². The van der Waals surface area contributed by atoms with Gasteiger partial charge in [0.05, 0.1) is 0 Å². The molecule has 2 nitrogen and oxygen atoms in total. The molecule has 0 saturated carbocycles. The molecule has 1 heterocycles. The molecule has 3 heteroatoms. The van der Waals surface area contributed by atoms with Crippen LogP contribution in [0.5, 0.6) is 0 Å². The standard InChI is InChI=1S/C13H20N2S/c1-11(12-4-2-5-13(14)10-12)15-6-3-8-16-9-7-15/h2,4-5,10-11H,3,6-9,14H2,1H3. The van der Waals surface area contributed by atoms with Gasteiger partial charge in [-0.05, 0) is 43.3 Å². The third-order valence-corrected chi connectivity index (χ3v) is 4.25. The Morgan fingerprint density at radius 1 is 1.31 bits per heavy atom. The lowest BCUT2D eigenvalue weighted by molar-refractivity contribution is 0.228. The molecule has 1 saturated heterocycles. The van der Waals surface area contributed by atoms with E-state index in [1.807, 2.05) is 12.1 Å². The van der Waals surface area contributed by atoms with E-state index in [-0.39, 0.29) is 0 Å². The predicted molar refractivity (Wildman–Crippen MR) is 72.8 cm³/mol. The lowest BCUT2D eigenvalue weighted by atomic mass is 10.1. The van der Waals surface area contributed by atoms with Gasteiger partial charge in [0.15, 0.2) is 0 Å². The van der Waals surface area contributed by atoms with Crippen LogP contribution in [0.3, 0.4) is 0 Å². The van der Waals surface area contributed by atoms with Crippen molar-refractivity contribution in [2.24, 2.45) is 0 Å². The number of nitrogen functional groups attached to an aromatic ring is 1. The summed E-state index contributed by atoms with van der Waals surface area (Å²) < 4.78 is 0. The van der Waals surface area contributed by atoms with Gasteiger partial charge in [0.2, 0.25) is 0 Å². The van der Waals surface area contributed by atoms with Crippen LogP contribution in [0.15, 0.2) is 24.3 Å². The van der Waals surface area contributed by atoms with Crippen molar-refractivity contribution >= 4 is 17.4 Å². The first kappa shape index (κ1) is 11.8. The molecule has 1 unspecified atom stereocenters. The SMILES string of the molecule is CC(c1cccc(N)c1)N1CCCSCC1. The van der Waals surface area contributed by atoms with Crippen molar-refractivity contribution in [3.8, 4) is 0 Å². The maximum absolute atomic E-state index is 5.83. The maximum Gasteiger partial charge on any atom is 0.0320 e. The molecule has 1 aliphatic rings. The zero-order valence-electron chi connectivity index (χ0n) is 9.86. The van der Waals surface area contributed by atoms with E-state index >= 15 is 0 Å². The van der Waals surface area contributed by atoms with Gasteiger partial charge in [-0.1, -0.05) is 12.1 Å². The van der Waals surface area contributed by atoms with E-state index in [4.69, 9.17) is 5.73 Å². The van der Waals surface area contributed by atoms with E-state index in [9.17, 15) is 0 Å². The molecule has 1 fully saturated rings. The van der Waals surface area contributed by atoms with Crippen LogP contribution in [0.4, 0.5) is 5.69 Å². The predicted octanol–water partition coefficient (Wildman–Crippen LogP) is 2.77. The number of rotatable bonds is 2. The molecule has 16 heavy (non-hydrogen) atoms. The molecule has 1 aromatic carbocycles. The summed E-state index contributed by atoms with van der Waals surface area (Å²) in [4.78, 5) is 2.56. The number of thioether (sulfide) groups is 1. The molecular formula is C13H20N2S. The molecule has 0 bridgehead atoms. The van der Waals surface area contributed by atoms with E-state index < -0.39 is 0 Å². The summed E-state index contributed by atoms with van der Waals surface area (Å²) in [6, 6.07) is 8.77. The summed E-state index contributed by atoms with van der Waals surface area (Å²) in [6.45, 7) is 4.69. The largest absolute Gasteiger partial charge is 0.399 e. The molecule has 0 radical (unpaired) electrons. The first-order chi connectivity index (χ1) is 7.77. The Hall–Kier alpha value is -0.670. The second-order valence-corrected chi connectivity index (χ2v) is 5.57. The van der Waals surface area contributed by atoms with Gasteiger partial charge in [-0.2, -0.15) is 11.8 Å². The Morgan fingerprint density at radius 2 is 2.19 bits per heavy atom. The van der Waals surface area contributed by atoms with Crippen LogP contribution in [0.25, 0.3) is 0 Å². The number of benzene rings is 1. The molecule has 1 aromatic rings. The Labute approximate surface area is 102 Å². The minimum atomic E-state index is 0.488. The normalized spacial score (nSPS) is 20.3. The molecule has 0 amide bonds. The molecule has 2 N–H and O–H groups in total. The highest BCUT2D eigenvalue weighted by Gasteiger charge is 2.17. The fraction of sp³-hybridized carbons (Fsp3) is 0.538. The third kappa shape index (κ3) is 2.92. The lowest BCUT2D eigenvalue weighted by Crippen LogP contribution is -2.29. The summed E-state index contributed by atoms with van der Waals surface area (Å²) in [5.74, 6) is 2.56. The highest BCUT2D eigenvalue weighted by molar-refractivity contribution is 7.99. The van der Waals surface area contributed by atoms with Crippen molar-refractivity contribution < 1.29 is 0 Å². The van der Waals surface area contributed by atoms with Crippen LogP contribution in [-0.2, 0) is 0 Å². The van der Waals surface area contributed by atoms with Gasteiger partial charge in [0.1, 0.15) is 0 Å². The monoisotopic (exact) mass is 236 g/mol. The Balaban J connectivity index is 2.07. The van der Waals surface area contributed by atoms with Gasteiger partial charge in [-0.15, -0.1) is 0 Å². The van der Waals surface area contributed by atoms with Crippen molar-refractivity contribution in [3.05, 3.63) is 29.8 Å². The van der Waals surface area contributed by atoms with E-state index in [0.717, 1.165) is 5.69 Å². The van der Waals surface area contributed by atoms with Crippen molar-refractivity contribution in [3.63, 3.8) is 0 Å². The van der Waals surface area contributed by atoms with Gasteiger partial charge < -0.3 is 5.73 Å².